The van der Waals surface area contributed by atoms with Crippen molar-refractivity contribution in [2.75, 3.05) is 26.9 Å². The van der Waals surface area contributed by atoms with E-state index < -0.39 is 0 Å². The Bertz CT molecular complexity index is 225. The van der Waals surface area contributed by atoms with Gasteiger partial charge < -0.3 is 14.8 Å². The Labute approximate surface area is 104 Å². The molecule has 4 nitrogen and oxygen atoms in total. The van der Waals surface area contributed by atoms with E-state index in [2.05, 4.69) is 5.32 Å². The Balaban J connectivity index is 2.27. The predicted molar refractivity (Wildman–Crippen MR) is 66.9 cm³/mol. The Morgan fingerprint density at radius 2 is 1.94 bits per heavy atom. The van der Waals surface area contributed by atoms with Crippen molar-refractivity contribution in [2.45, 2.75) is 51.0 Å². The fraction of sp³-hybridized carbons (Fsp3) is 0.923. The van der Waals surface area contributed by atoms with E-state index in [-0.39, 0.29) is 11.5 Å². The van der Waals surface area contributed by atoms with Crippen LogP contribution in [-0.2, 0) is 14.3 Å². The van der Waals surface area contributed by atoms with E-state index in [0.29, 0.717) is 26.2 Å². The average molecular weight is 243 g/mol. The van der Waals surface area contributed by atoms with Gasteiger partial charge in [0, 0.05) is 12.1 Å². The molecule has 0 aromatic rings. The second-order valence-electron chi connectivity index (χ2n) is 4.69. The minimum atomic E-state index is -0.110. The van der Waals surface area contributed by atoms with E-state index in [0.717, 1.165) is 12.8 Å². The lowest BCUT2D eigenvalue weighted by Crippen LogP contribution is -2.46. The summed E-state index contributed by atoms with van der Waals surface area (Å²) >= 11 is 0. The zero-order valence-electron chi connectivity index (χ0n) is 11.1. The second-order valence-corrected chi connectivity index (χ2v) is 4.69. The van der Waals surface area contributed by atoms with Crippen molar-refractivity contribution in [3.63, 3.8) is 0 Å². The fourth-order valence-corrected chi connectivity index (χ4v) is 2.43. The number of hydrogen-bond acceptors (Lipinski definition) is 4. The topological polar surface area (TPSA) is 47.6 Å². The van der Waals surface area contributed by atoms with E-state index >= 15 is 0 Å². The van der Waals surface area contributed by atoms with Crippen LogP contribution in [0.15, 0.2) is 0 Å². The highest BCUT2D eigenvalue weighted by Crippen LogP contribution is 2.30. The van der Waals surface area contributed by atoms with Gasteiger partial charge in [0.2, 0.25) is 0 Å². The molecule has 1 fully saturated rings. The van der Waals surface area contributed by atoms with Gasteiger partial charge in [-0.1, -0.05) is 19.3 Å². The van der Waals surface area contributed by atoms with E-state index in [9.17, 15) is 4.79 Å². The highest BCUT2D eigenvalue weighted by atomic mass is 16.6. The van der Waals surface area contributed by atoms with E-state index in [1.165, 1.54) is 19.3 Å². The zero-order chi connectivity index (χ0) is 12.6. The lowest BCUT2D eigenvalue weighted by atomic mass is 9.79. The van der Waals surface area contributed by atoms with Crippen LogP contribution in [0.2, 0.25) is 0 Å². The summed E-state index contributed by atoms with van der Waals surface area (Å²) in [6, 6.07) is 0. The smallest absolute Gasteiger partial charge is 0.307 e. The van der Waals surface area contributed by atoms with Gasteiger partial charge in [0.05, 0.1) is 13.0 Å². The summed E-state index contributed by atoms with van der Waals surface area (Å²) in [5.41, 5.74) is -0.0268. The van der Waals surface area contributed by atoms with Crippen LogP contribution in [-0.4, -0.2) is 38.4 Å². The maximum absolute atomic E-state index is 11.7. The van der Waals surface area contributed by atoms with E-state index in [1.54, 1.807) is 0 Å². The molecule has 1 aliphatic carbocycles. The number of carbonyl (C=O) groups is 1. The van der Waals surface area contributed by atoms with Gasteiger partial charge in [-0.05, 0) is 26.8 Å². The Morgan fingerprint density at radius 1 is 1.24 bits per heavy atom. The van der Waals surface area contributed by atoms with Crippen molar-refractivity contribution in [3.05, 3.63) is 0 Å². The van der Waals surface area contributed by atoms with Crippen molar-refractivity contribution in [1.82, 2.24) is 5.32 Å². The van der Waals surface area contributed by atoms with Crippen LogP contribution < -0.4 is 5.32 Å². The molecule has 0 amide bonds. The third kappa shape index (κ3) is 5.04. The van der Waals surface area contributed by atoms with E-state index in [1.807, 2.05) is 14.0 Å². The quantitative estimate of drug-likeness (QED) is 0.548. The minimum Gasteiger partial charge on any atom is -0.463 e. The molecule has 0 aliphatic heterocycles. The third-order valence-corrected chi connectivity index (χ3v) is 3.52. The molecule has 0 spiro atoms. The molecule has 1 aliphatic rings. The lowest BCUT2D eigenvalue weighted by molar-refractivity contribution is -0.147. The molecule has 0 aromatic heterocycles. The average Bonchev–Trinajstić information content (AvgIpc) is 2.36. The molecule has 1 N–H and O–H groups in total. The predicted octanol–water partition coefficient (Wildman–Crippen LogP) is 1.88. The van der Waals surface area contributed by atoms with Gasteiger partial charge >= 0.3 is 5.97 Å². The largest absolute Gasteiger partial charge is 0.463 e. The summed E-state index contributed by atoms with van der Waals surface area (Å²) in [6.07, 6.45) is 6.31. The number of hydrogen-bond donors (Lipinski definition) is 1. The van der Waals surface area contributed by atoms with E-state index in [4.69, 9.17) is 9.47 Å². The van der Waals surface area contributed by atoms with Crippen LogP contribution in [0.25, 0.3) is 0 Å². The summed E-state index contributed by atoms with van der Waals surface area (Å²) in [4.78, 5) is 11.7. The van der Waals surface area contributed by atoms with Crippen molar-refractivity contribution in [2.24, 2.45) is 0 Å². The Kier molecular flexibility index (Phi) is 6.52. The molecule has 0 aromatic carbocycles. The molecular weight excluding hydrogens is 218 g/mol. The molecule has 1 saturated carbocycles. The molecule has 0 radical (unpaired) electrons. The Morgan fingerprint density at radius 3 is 2.53 bits per heavy atom. The van der Waals surface area contributed by atoms with Crippen molar-refractivity contribution in [1.29, 1.82) is 0 Å². The first kappa shape index (κ1) is 14.5. The molecule has 0 saturated heterocycles. The van der Waals surface area contributed by atoms with Crippen molar-refractivity contribution >= 4 is 5.97 Å². The normalized spacial score (nSPS) is 18.9. The molecule has 100 valence electrons. The summed E-state index contributed by atoms with van der Waals surface area (Å²) in [5, 5.41) is 3.32. The standard InChI is InChI=1S/C13H25NO3/c1-3-16-9-10-17-12(15)11-13(14-2)7-5-4-6-8-13/h14H,3-11H2,1-2H3. The molecule has 0 atom stereocenters. The maximum atomic E-state index is 11.7. The molecule has 0 heterocycles. The summed E-state index contributed by atoms with van der Waals surface area (Å²) in [7, 11) is 1.94. The van der Waals surface area contributed by atoms with Gasteiger partial charge in [-0.2, -0.15) is 0 Å². The molecule has 4 heteroatoms. The maximum Gasteiger partial charge on any atom is 0.307 e. The number of carbonyl (C=O) groups excluding carboxylic acids is 1. The van der Waals surface area contributed by atoms with Crippen LogP contribution in [0.1, 0.15) is 45.4 Å². The molecule has 0 bridgehead atoms. The number of nitrogens with one attached hydrogen (secondary N) is 1. The van der Waals surface area contributed by atoms with Gasteiger partial charge in [0.1, 0.15) is 6.61 Å². The number of ether oxygens (including phenoxy) is 2. The molecule has 17 heavy (non-hydrogen) atoms. The minimum absolute atomic E-state index is 0.0268. The highest BCUT2D eigenvalue weighted by molar-refractivity contribution is 5.71. The third-order valence-electron chi connectivity index (χ3n) is 3.52. The van der Waals surface area contributed by atoms with Crippen molar-refractivity contribution in [3.8, 4) is 0 Å². The van der Waals surface area contributed by atoms with Crippen LogP contribution in [0, 0.1) is 0 Å². The summed E-state index contributed by atoms with van der Waals surface area (Å²) in [5.74, 6) is -0.110. The lowest BCUT2D eigenvalue weighted by Gasteiger charge is -2.36. The molecule has 0 unspecified atom stereocenters. The first-order valence-electron chi connectivity index (χ1n) is 6.65. The van der Waals surface area contributed by atoms with Gasteiger partial charge in [0.15, 0.2) is 0 Å². The van der Waals surface area contributed by atoms with Crippen molar-refractivity contribution < 1.29 is 14.3 Å². The van der Waals surface area contributed by atoms with Gasteiger partial charge in [-0.3, -0.25) is 4.79 Å². The van der Waals surface area contributed by atoms with Gasteiger partial charge in [-0.25, -0.2) is 0 Å². The monoisotopic (exact) mass is 243 g/mol. The zero-order valence-corrected chi connectivity index (χ0v) is 11.1. The number of rotatable bonds is 7. The summed E-state index contributed by atoms with van der Waals surface area (Å²) in [6.45, 7) is 3.46. The first-order chi connectivity index (χ1) is 8.22. The fourth-order valence-electron chi connectivity index (χ4n) is 2.43. The SMILES string of the molecule is CCOCCOC(=O)CC1(NC)CCCCC1. The highest BCUT2D eigenvalue weighted by Gasteiger charge is 2.33. The molecule has 1 rings (SSSR count). The summed E-state index contributed by atoms with van der Waals surface area (Å²) < 4.78 is 10.3. The Hall–Kier alpha value is -0.610. The second kappa shape index (κ2) is 7.67. The van der Waals surface area contributed by atoms with Gasteiger partial charge in [-0.15, -0.1) is 0 Å². The van der Waals surface area contributed by atoms with Crippen LogP contribution in [0.3, 0.4) is 0 Å². The van der Waals surface area contributed by atoms with Crippen LogP contribution >= 0.6 is 0 Å². The molecular formula is C13H25NO3. The first-order valence-corrected chi connectivity index (χ1v) is 6.65. The van der Waals surface area contributed by atoms with Crippen LogP contribution in [0.5, 0.6) is 0 Å². The number of esters is 1. The van der Waals surface area contributed by atoms with Gasteiger partial charge in [0.25, 0.3) is 0 Å². The van der Waals surface area contributed by atoms with Crippen LogP contribution in [0.4, 0.5) is 0 Å².